The summed E-state index contributed by atoms with van der Waals surface area (Å²) in [5.41, 5.74) is 3.60. The van der Waals surface area contributed by atoms with Crippen molar-refractivity contribution in [1.29, 1.82) is 5.26 Å². The zero-order chi connectivity index (χ0) is 15.7. The topological polar surface area (TPSA) is 75.0 Å². The first-order chi connectivity index (χ1) is 10.7. The van der Waals surface area contributed by atoms with E-state index in [4.69, 9.17) is 4.42 Å². The average Bonchev–Trinajstić information content (AvgIpc) is 3.10. The molecule has 0 fully saturated rings. The number of nitrogens with zero attached hydrogens (tertiary/aromatic N) is 3. The highest BCUT2D eigenvalue weighted by Gasteiger charge is 2.22. The molecule has 5 nitrogen and oxygen atoms in total. The van der Waals surface area contributed by atoms with E-state index in [2.05, 4.69) is 11.2 Å². The molecule has 0 saturated carbocycles. The minimum Gasteiger partial charge on any atom is -0.508 e. The standard InChI is InChI=1S/C17H15N3O2/c1-3-15-14(10-18)16(17-11(2)8-9-22-17)20(19-15)12-4-6-13(21)7-5-12/h4-9,21H,3H2,1-2H3. The summed E-state index contributed by atoms with van der Waals surface area (Å²) in [4.78, 5) is 0. The van der Waals surface area contributed by atoms with Crippen molar-refractivity contribution in [2.75, 3.05) is 0 Å². The van der Waals surface area contributed by atoms with Crippen LogP contribution in [0.25, 0.3) is 17.1 Å². The number of aromatic nitrogens is 2. The first-order valence-electron chi connectivity index (χ1n) is 7.01. The molecule has 5 heteroatoms. The first kappa shape index (κ1) is 14.0. The first-order valence-corrected chi connectivity index (χ1v) is 7.01. The van der Waals surface area contributed by atoms with Gasteiger partial charge in [-0.1, -0.05) is 6.92 Å². The molecule has 0 aliphatic carbocycles. The molecular weight excluding hydrogens is 278 g/mol. The Labute approximate surface area is 128 Å². The number of rotatable bonds is 3. The molecule has 0 spiro atoms. The van der Waals surface area contributed by atoms with E-state index in [0.29, 0.717) is 23.4 Å². The third kappa shape index (κ3) is 2.15. The van der Waals surface area contributed by atoms with E-state index in [-0.39, 0.29) is 5.75 Å². The smallest absolute Gasteiger partial charge is 0.156 e. The van der Waals surface area contributed by atoms with E-state index >= 15 is 0 Å². The van der Waals surface area contributed by atoms with Gasteiger partial charge in [-0.15, -0.1) is 0 Å². The van der Waals surface area contributed by atoms with Gasteiger partial charge in [-0.25, -0.2) is 4.68 Å². The number of furan rings is 1. The van der Waals surface area contributed by atoms with Gasteiger partial charge in [-0.3, -0.25) is 0 Å². The lowest BCUT2D eigenvalue weighted by Crippen LogP contribution is -1.99. The van der Waals surface area contributed by atoms with E-state index in [9.17, 15) is 10.4 Å². The normalized spacial score (nSPS) is 10.6. The maximum atomic E-state index is 9.54. The number of hydrogen-bond donors (Lipinski definition) is 1. The minimum absolute atomic E-state index is 0.183. The van der Waals surface area contributed by atoms with Crippen molar-refractivity contribution in [2.24, 2.45) is 0 Å². The van der Waals surface area contributed by atoms with E-state index in [0.717, 1.165) is 16.9 Å². The van der Waals surface area contributed by atoms with Crippen molar-refractivity contribution in [1.82, 2.24) is 9.78 Å². The van der Waals surface area contributed by atoms with Gasteiger partial charge in [0.15, 0.2) is 5.76 Å². The molecule has 0 unspecified atom stereocenters. The summed E-state index contributed by atoms with van der Waals surface area (Å²) in [6.07, 6.45) is 2.26. The maximum Gasteiger partial charge on any atom is 0.156 e. The molecule has 3 aromatic rings. The van der Waals surface area contributed by atoms with Crippen molar-refractivity contribution >= 4 is 0 Å². The Balaban J connectivity index is 2.31. The van der Waals surface area contributed by atoms with Crippen LogP contribution in [-0.2, 0) is 6.42 Å². The lowest BCUT2D eigenvalue weighted by molar-refractivity contribution is 0.475. The van der Waals surface area contributed by atoms with Crippen molar-refractivity contribution in [2.45, 2.75) is 20.3 Å². The Morgan fingerprint density at radius 2 is 2.00 bits per heavy atom. The third-order valence-electron chi connectivity index (χ3n) is 3.58. The van der Waals surface area contributed by atoms with Gasteiger partial charge in [-0.2, -0.15) is 10.4 Å². The highest BCUT2D eigenvalue weighted by atomic mass is 16.3. The summed E-state index contributed by atoms with van der Waals surface area (Å²) in [6, 6.07) is 10.8. The molecule has 2 aromatic heterocycles. The lowest BCUT2D eigenvalue weighted by atomic mass is 10.1. The second-order valence-corrected chi connectivity index (χ2v) is 5.00. The fraction of sp³-hybridized carbons (Fsp3) is 0.176. The van der Waals surface area contributed by atoms with Crippen LogP contribution in [0.15, 0.2) is 41.0 Å². The SMILES string of the molecule is CCc1nn(-c2ccc(O)cc2)c(-c2occc2C)c1C#N. The molecule has 0 aliphatic heterocycles. The molecule has 2 heterocycles. The number of aryl methyl sites for hydroxylation is 2. The van der Waals surface area contributed by atoms with Gasteiger partial charge in [0.2, 0.25) is 0 Å². The summed E-state index contributed by atoms with van der Waals surface area (Å²) in [5, 5.41) is 23.5. The summed E-state index contributed by atoms with van der Waals surface area (Å²) >= 11 is 0. The Morgan fingerprint density at radius 3 is 2.55 bits per heavy atom. The molecule has 22 heavy (non-hydrogen) atoms. The summed E-state index contributed by atoms with van der Waals surface area (Å²) in [7, 11) is 0. The molecular formula is C17H15N3O2. The third-order valence-corrected chi connectivity index (χ3v) is 3.58. The monoisotopic (exact) mass is 293 g/mol. The predicted molar refractivity (Wildman–Crippen MR) is 81.8 cm³/mol. The van der Waals surface area contributed by atoms with Crippen LogP contribution in [0.2, 0.25) is 0 Å². The zero-order valence-electron chi connectivity index (χ0n) is 12.4. The van der Waals surface area contributed by atoms with Crippen LogP contribution in [0.5, 0.6) is 5.75 Å². The van der Waals surface area contributed by atoms with Crippen LogP contribution in [-0.4, -0.2) is 14.9 Å². The second-order valence-electron chi connectivity index (χ2n) is 5.00. The number of hydrogen-bond acceptors (Lipinski definition) is 4. The fourth-order valence-corrected chi connectivity index (χ4v) is 2.43. The lowest BCUT2D eigenvalue weighted by Gasteiger charge is -2.07. The predicted octanol–water partition coefficient (Wildman–Crippen LogP) is 3.58. The highest BCUT2D eigenvalue weighted by molar-refractivity contribution is 5.69. The van der Waals surface area contributed by atoms with E-state index < -0.39 is 0 Å². The number of phenolic OH excluding ortho intramolecular Hbond substituents is 1. The number of benzene rings is 1. The molecule has 1 aromatic carbocycles. The van der Waals surface area contributed by atoms with Crippen LogP contribution in [0.4, 0.5) is 0 Å². The van der Waals surface area contributed by atoms with Gasteiger partial charge in [0.25, 0.3) is 0 Å². The average molecular weight is 293 g/mol. The number of aromatic hydroxyl groups is 1. The van der Waals surface area contributed by atoms with Gasteiger partial charge in [0.1, 0.15) is 23.1 Å². The Kier molecular flexibility index (Phi) is 3.43. The van der Waals surface area contributed by atoms with Gasteiger partial charge >= 0.3 is 0 Å². The molecule has 110 valence electrons. The van der Waals surface area contributed by atoms with E-state index in [1.807, 2.05) is 19.9 Å². The van der Waals surface area contributed by atoms with Crippen LogP contribution >= 0.6 is 0 Å². The van der Waals surface area contributed by atoms with Crippen molar-refractivity contribution < 1.29 is 9.52 Å². The Hall–Kier alpha value is -3.00. The number of nitriles is 1. The van der Waals surface area contributed by atoms with Gasteiger partial charge in [0.05, 0.1) is 17.6 Å². The second kappa shape index (κ2) is 5.41. The van der Waals surface area contributed by atoms with E-state index in [1.165, 1.54) is 0 Å². The van der Waals surface area contributed by atoms with Crippen LogP contribution in [0.1, 0.15) is 23.7 Å². The largest absolute Gasteiger partial charge is 0.508 e. The molecule has 0 amide bonds. The highest BCUT2D eigenvalue weighted by Crippen LogP contribution is 2.32. The molecule has 0 atom stereocenters. The molecule has 1 N–H and O–H groups in total. The summed E-state index contributed by atoms with van der Waals surface area (Å²) in [5.74, 6) is 0.819. The van der Waals surface area contributed by atoms with Crippen LogP contribution in [0.3, 0.4) is 0 Å². The maximum absolute atomic E-state index is 9.54. The summed E-state index contributed by atoms with van der Waals surface area (Å²) in [6.45, 7) is 3.89. The van der Waals surface area contributed by atoms with Crippen molar-refractivity contribution in [3.05, 3.63) is 53.4 Å². The fourth-order valence-electron chi connectivity index (χ4n) is 2.43. The Bertz CT molecular complexity index is 851. The van der Waals surface area contributed by atoms with Gasteiger partial charge in [-0.05, 0) is 49.2 Å². The van der Waals surface area contributed by atoms with Gasteiger partial charge in [0, 0.05) is 0 Å². The molecule has 0 radical (unpaired) electrons. The van der Waals surface area contributed by atoms with Crippen molar-refractivity contribution in [3.8, 4) is 29.0 Å². The Morgan fingerprint density at radius 1 is 1.27 bits per heavy atom. The molecule has 3 rings (SSSR count). The van der Waals surface area contributed by atoms with E-state index in [1.54, 1.807) is 35.2 Å². The van der Waals surface area contributed by atoms with Crippen LogP contribution < -0.4 is 0 Å². The van der Waals surface area contributed by atoms with Crippen LogP contribution in [0, 0.1) is 18.3 Å². The molecule has 0 aliphatic rings. The van der Waals surface area contributed by atoms with Crippen molar-refractivity contribution in [3.63, 3.8) is 0 Å². The molecule has 0 saturated heterocycles. The summed E-state index contributed by atoms with van der Waals surface area (Å²) < 4.78 is 7.27. The minimum atomic E-state index is 0.183. The molecule has 0 bridgehead atoms. The zero-order valence-corrected chi connectivity index (χ0v) is 12.4. The quantitative estimate of drug-likeness (QED) is 0.801. The number of phenols is 1. The van der Waals surface area contributed by atoms with Gasteiger partial charge < -0.3 is 9.52 Å².